The fraction of sp³-hybridized carbons (Fsp3) is 0.316. The molecule has 1 fully saturated rings. The highest BCUT2D eigenvalue weighted by atomic mass is 32.1. The first-order valence-electron chi connectivity index (χ1n) is 8.90. The first kappa shape index (κ1) is 15.7. The zero-order chi connectivity index (χ0) is 17.5. The number of piperidine rings is 1. The maximum Gasteiger partial charge on any atom is 0.351 e. The summed E-state index contributed by atoms with van der Waals surface area (Å²) in [7, 11) is 0. The minimum Gasteiger partial charge on any atom is -0.284 e. The second-order valence-corrected chi connectivity index (χ2v) is 7.83. The topological polar surface area (TPSA) is 55.4 Å². The Morgan fingerprint density at radius 1 is 1.08 bits per heavy atom. The molecule has 4 aromatic rings. The van der Waals surface area contributed by atoms with Crippen LogP contribution in [0.5, 0.6) is 0 Å². The Morgan fingerprint density at radius 2 is 1.88 bits per heavy atom. The molecule has 0 atom stereocenters. The Hall–Kier alpha value is -2.51. The van der Waals surface area contributed by atoms with Crippen molar-refractivity contribution in [3.8, 4) is 0 Å². The summed E-state index contributed by atoms with van der Waals surface area (Å²) in [6, 6.07) is 13.9. The predicted molar refractivity (Wildman–Crippen MR) is 103 cm³/mol. The molecule has 3 aromatic heterocycles. The minimum absolute atomic E-state index is 0.0751. The summed E-state index contributed by atoms with van der Waals surface area (Å²) in [5.74, 6) is 0.515. The van der Waals surface area contributed by atoms with E-state index in [0.717, 1.165) is 31.4 Å². The third-order valence-electron chi connectivity index (χ3n) is 5.07. The summed E-state index contributed by atoms with van der Waals surface area (Å²) in [6.45, 7) is 2.47. The molecule has 0 unspecified atom stereocenters. The van der Waals surface area contributed by atoms with Gasteiger partial charge in [-0.3, -0.25) is 9.30 Å². The van der Waals surface area contributed by atoms with Crippen LogP contribution in [0.15, 0.2) is 53.5 Å². The summed E-state index contributed by atoms with van der Waals surface area (Å²) in [4.78, 5) is 19.5. The fourth-order valence-electron chi connectivity index (χ4n) is 3.64. The summed E-state index contributed by atoms with van der Waals surface area (Å²) < 4.78 is 4.42. The smallest absolute Gasteiger partial charge is 0.284 e. The van der Waals surface area contributed by atoms with Gasteiger partial charge in [0.1, 0.15) is 0 Å². The van der Waals surface area contributed by atoms with Gasteiger partial charge in [0.05, 0.1) is 21.9 Å². The zero-order valence-corrected chi connectivity index (χ0v) is 15.1. The predicted octanol–water partition coefficient (Wildman–Crippen LogP) is 2.94. The highest BCUT2D eigenvalue weighted by Crippen LogP contribution is 2.33. The molecule has 0 saturated carbocycles. The van der Waals surface area contributed by atoms with Gasteiger partial charge in [0.15, 0.2) is 5.65 Å². The van der Waals surface area contributed by atoms with Crippen LogP contribution < -0.4 is 5.69 Å². The van der Waals surface area contributed by atoms with Crippen molar-refractivity contribution < 1.29 is 0 Å². The van der Waals surface area contributed by atoms with Crippen LogP contribution in [0, 0.1) is 0 Å². The highest BCUT2D eigenvalue weighted by molar-refractivity contribution is 7.18. The number of pyridine rings is 1. The third-order valence-corrected chi connectivity index (χ3v) is 6.27. The molecule has 0 amide bonds. The van der Waals surface area contributed by atoms with Gasteiger partial charge in [0, 0.05) is 25.2 Å². The van der Waals surface area contributed by atoms with E-state index in [1.165, 1.54) is 9.71 Å². The molecule has 1 saturated heterocycles. The molecule has 0 N–H and O–H groups in total. The van der Waals surface area contributed by atoms with Crippen LogP contribution in [0.4, 0.5) is 0 Å². The van der Waals surface area contributed by atoms with Gasteiger partial charge in [-0.25, -0.2) is 9.78 Å². The largest absolute Gasteiger partial charge is 0.351 e. The van der Waals surface area contributed by atoms with Crippen LogP contribution in [-0.2, 0) is 6.67 Å². The maximum atomic E-state index is 12.4. The lowest BCUT2D eigenvalue weighted by Gasteiger charge is -2.30. The van der Waals surface area contributed by atoms with E-state index in [4.69, 9.17) is 4.98 Å². The van der Waals surface area contributed by atoms with E-state index >= 15 is 0 Å². The Labute approximate surface area is 154 Å². The summed E-state index contributed by atoms with van der Waals surface area (Å²) in [5.41, 5.74) is 1.72. The molecule has 26 heavy (non-hydrogen) atoms. The average Bonchev–Trinajstić information content (AvgIpc) is 3.24. The Kier molecular flexibility index (Phi) is 3.83. The van der Waals surface area contributed by atoms with Crippen LogP contribution in [0.2, 0.25) is 0 Å². The van der Waals surface area contributed by atoms with Crippen LogP contribution in [-0.4, -0.2) is 37.2 Å². The fourth-order valence-corrected chi connectivity index (χ4v) is 4.77. The second kappa shape index (κ2) is 6.34. The normalized spacial score (nSPS) is 16.6. The van der Waals surface area contributed by atoms with E-state index in [9.17, 15) is 4.79 Å². The molecular formula is C19H19N5OS. The molecule has 0 bridgehead atoms. The lowest BCUT2D eigenvalue weighted by Crippen LogP contribution is -2.37. The number of aromatic nitrogens is 4. The Bertz CT molecular complexity index is 1090. The Balaban J connectivity index is 1.29. The quantitative estimate of drug-likeness (QED) is 0.560. The highest BCUT2D eigenvalue weighted by Gasteiger charge is 2.24. The monoisotopic (exact) mass is 365 g/mol. The molecule has 1 aliphatic rings. The number of hydrogen-bond acceptors (Lipinski definition) is 5. The molecular weight excluding hydrogens is 346 g/mol. The summed E-state index contributed by atoms with van der Waals surface area (Å²) >= 11 is 1.81. The minimum atomic E-state index is -0.0751. The van der Waals surface area contributed by atoms with E-state index in [2.05, 4.69) is 28.2 Å². The van der Waals surface area contributed by atoms with E-state index in [0.29, 0.717) is 18.2 Å². The maximum absolute atomic E-state index is 12.4. The molecule has 4 heterocycles. The van der Waals surface area contributed by atoms with Crippen LogP contribution in [0.3, 0.4) is 0 Å². The van der Waals surface area contributed by atoms with Gasteiger partial charge in [-0.05, 0) is 37.1 Å². The number of nitrogens with zero attached hydrogens (tertiary/aromatic N) is 5. The molecule has 0 spiro atoms. The molecule has 0 aliphatic carbocycles. The summed E-state index contributed by atoms with van der Waals surface area (Å²) in [6.07, 6.45) is 3.91. The van der Waals surface area contributed by atoms with Gasteiger partial charge >= 0.3 is 5.69 Å². The summed E-state index contributed by atoms with van der Waals surface area (Å²) in [5, 5.41) is 5.67. The second-order valence-electron chi connectivity index (χ2n) is 6.76. The third kappa shape index (κ3) is 2.73. The van der Waals surface area contributed by atoms with E-state index in [1.807, 2.05) is 35.6 Å². The average molecular weight is 365 g/mol. The van der Waals surface area contributed by atoms with Crippen molar-refractivity contribution >= 4 is 27.2 Å². The molecule has 5 rings (SSSR count). The SMILES string of the molecule is O=c1n(CN2CCC(c3nc4ccccc4s3)CC2)nc2ccccn12. The molecule has 1 aromatic carbocycles. The number of hydrogen-bond donors (Lipinski definition) is 0. The van der Waals surface area contributed by atoms with Gasteiger partial charge in [-0.1, -0.05) is 18.2 Å². The van der Waals surface area contributed by atoms with Crippen molar-refractivity contribution in [3.05, 3.63) is 64.2 Å². The zero-order valence-electron chi connectivity index (χ0n) is 14.3. The number of likely N-dealkylation sites (tertiary alicyclic amines) is 1. The van der Waals surface area contributed by atoms with Gasteiger partial charge in [-0.15, -0.1) is 16.4 Å². The van der Waals surface area contributed by atoms with E-state index < -0.39 is 0 Å². The molecule has 0 radical (unpaired) electrons. The van der Waals surface area contributed by atoms with Gasteiger partial charge in [-0.2, -0.15) is 4.68 Å². The van der Waals surface area contributed by atoms with Crippen molar-refractivity contribution in [1.29, 1.82) is 0 Å². The van der Waals surface area contributed by atoms with Gasteiger partial charge < -0.3 is 0 Å². The Morgan fingerprint density at radius 3 is 2.69 bits per heavy atom. The number of para-hydroxylation sites is 1. The van der Waals surface area contributed by atoms with Crippen LogP contribution in [0.1, 0.15) is 23.8 Å². The van der Waals surface area contributed by atoms with Gasteiger partial charge in [0.25, 0.3) is 0 Å². The van der Waals surface area contributed by atoms with Gasteiger partial charge in [0.2, 0.25) is 0 Å². The van der Waals surface area contributed by atoms with Crippen molar-refractivity contribution in [2.24, 2.45) is 0 Å². The molecule has 7 heteroatoms. The van der Waals surface area contributed by atoms with E-state index in [-0.39, 0.29) is 5.69 Å². The number of rotatable bonds is 3. The number of fused-ring (bicyclic) bond motifs is 2. The first-order valence-corrected chi connectivity index (χ1v) is 9.71. The molecule has 6 nitrogen and oxygen atoms in total. The van der Waals surface area contributed by atoms with E-state index in [1.54, 1.807) is 15.3 Å². The van der Waals surface area contributed by atoms with Crippen molar-refractivity contribution in [2.75, 3.05) is 13.1 Å². The molecule has 1 aliphatic heterocycles. The first-order chi connectivity index (χ1) is 12.8. The lowest BCUT2D eigenvalue weighted by molar-refractivity contribution is 0.159. The number of thiazole rings is 1. The van der Waals surface area contributed by atoms with Crippen LogP contribution in [0.25, 0.3) is 15.9 Å². The van der Waals surface area contributed by atoms with Crippen molar-refractivity contribution in [1.82, 2.24) is 24.1 Å². The molecule has 132 valence electrons. The lowest BCUT2D eigenvalue weighted by atomic mass is 9.98. The van der Waals surface area contributed by atoms with Crippen molar-refractivity contribution in [3.63, 3.8) is 0 Å². The standard InChI is InChI=1S/C19H19N5OS/c25-19-23-10-4-3-7-17(23)21-24(19)13-22-11-8-14(9-12-22)18-20-15-5-1-2-6-16(15)26-18/h1-7,10,14H,8-9,11-13H2. The number of benzene rings is 1. The van der Waals surface area contributed by atoms with Crippen LogP contribution >= 0.6 is 11.3 Å². The van der Waals surface area contributed by atoms with Crippen molar-refractivity contribution in [2.45, 2.75) is 25.4 Å².